The lowest BCUT2D eigenvalue weighted by atomic mass is 10.1. The number of amides is 2. The maximum absolute atomic E-state index is 13.2. The largest absolute Gasteiger partial charge is 0.538 e. The number of thiophene rings is 1. The van der Waals surface area contributed by atoms with Gasteiger partial charge in [0.15, 0.2) is 5.95 Å². The number of hydrogen-bond acceptors (Lipinski definition) is 9. The van der Waals surface area contributed by atoms with E-state index < -0.39 is 29.0 Å². The van der Waals surface area contributed by atoms with Crippen molar-refractivity contribution in [3.05, 3.63) is 76.7 Å². The smallest absolute Gasteiger partial charge is 0.341 e. The van der Waals surface area contributed by atoms with Gasteiger partial charge in [-0.15, -0.1) is 11.3 Å². The first-order valence-corrected chi connectivity index (χ1v) is 13.3. The van der Waals surface area contributed by atoms with E-state index in [1.807, 2.05) is 12.1 Å². The van der Waals surface area contributed by atoms with Crippen molar-refractivity contribution in [1.29, 1.82) is 0 Å². The molecule has 0 aliphatic rings. The second kappa shape index (κ2) is 11.9. The molecule has 0 saturated carbocycles. The van der Waals surface area contributed by atoms with Gasteiger partial charge in [0, 0.05) is 17.8 Å². The number of para-hydroxylation sites is 2. The summed E-state index contributed by atoms with van der Waals surface area (Å²) in [7, 11) is 0. The molecule has 0 saturated heterocycles. The maximum atomic E-state index is 13.2. The first-order chi connectivity index (χ1) is 18.3. The van der Waals surface area contributed by atoms with Crippen LogP contribution in [0.5, 0.6) is 5.95 Å². The lowest BCUT2D eigenvalue weighted by Gasteiger charge is -2.11. The number of carbonyl (C=O) groups excluding carboxylic acids is 3. The molecular formula is C26H24N4O6S2. The molecule has 2 heterocycles. The van der Waals surface area contributed by atoms with Crippen molar-refractivity contribution in [1.82, 2.24) is 5.27 Å². The number of thioether (sulfide) groups is 1. The highest BCUT2D eigenvalue weighted by molar-refractivity contribution is 8.00. The zero-order valence-corrected chi connectivity index (χ0v) is 22.4. The van der Waals surface area contributed by atoms with Crippen molar-refractivity contribution in [2.24, 2.45) is 0 Å². The van der Waals surface area contributed by atoms with Crippen molar-refractivity contribution < 1.29 is 33.4 Å². The van der Waals surface area contributed by atoms with Crippen molar-refractivity contribution in [3.63, 3.8) is 0 Å². The lowest BCUT2D eigenvalue weighted by molar-refractivity contribution is -0.705. The molecule has 2 aromatic heterocycles. The molecule has 1 atom stereocenters. The highest BCUT2D eigenvalue weighted by atomic mass is 32.2. The number of rotatable bonds is 9. The summed E-state index contributed by atoms with van der Waals surface area (Å²) in [6.45, 7) is 5.02. The minimum atomic E-state index is -0.781. The average molecular weight is 553 g/mol. The third-order valence-corrected chi connectivity index (χ3v) is 7.67. The number of carbonyl (C=O) groups is 3. The molecule has 196 valence electrons. The molecule has 0 bridgehead atoms. The zero-order chi connectivity index (χ0) is 27.2. The maximum Gasteiger partial charge on any atom is 0.341 e. The van der Waals surface area contributed by atoms with Crippen molar-refractivity contribution >= 4 is 51.6 Å². The zero-order valence-electron chi connectivity index (χ0n) is 20.7. The van der Waals surface area contributed by atoms with Gasteiger partial charge >= 0.3 is 5.97 Å². The molecule has 10 nitrogen and oxygen atoms in total. The molecule has 0 fully saturated rings. The Balaban J connectivity index is 1.58. The minimum absolute atomic E-state index is 0.106. The van der Waals surface area contributed by atoms with E-state index in [0.29, 0.717) is 16.9 Å². The summed E-state index contributed by atoms with van der Waals surface area (Å²) in [6, 6.07) is 17.8. The Morgan fingerprint density at radius 3 is 2.42 bits per heavy atom. The number of anilines is 2. The Morgan fingerprint density at radius 2 is 1.76 bits per heavy atom. The lowest BCUT2D eigenvalue weighted by Crippen LogP contribution is -2.36. The fourth-order valence-electron chi connectivity index (χ4n) is 3.48. The summed E-state index contributed by atoms with van der Waals surface area (Å²) >= 11 is 1.93. The van der Waals surface area contributed by atoms with Crippen LogP contribution < -0.4 is 20.4 Å². The minimum Gasteiger partial charge on any atom is -0.538 e. The van der Waals surface area contributed by atoms with Gasteiger partial charge in [-0.25, -0.2) is 4.79 Å². The van der Waals surface area contributed by atoms with E-state index in [0.717, 1.165) is 23.1 Å². The number of hydrogen-bond donors (Lipinski definition) is 2. The molecule has 2 aromatic carbocycles. The Bertz CT molecular complexity index is 1450. The van der Waals surface area contributed by atoms with Gasteiger partial charge in [-0.2, -0.15) is 0 Å². The second-order valence-electron chi connectivity index (χ2n) is 7.96. The number of benzene rings is 2. The fourth-order valence-corrected chi connectivity index (χ4v) is 5.45. The van der Waals surface area contributed by atoms with Crippen LogP contribution in [-0.2, 0) is 9.53 Å². The molecule has 4 rings (SSSR count). The number of aromatic nitrogens is 2. The molecule has 0 radical (unpaired) electrons. The quantitative estimate of drug-likeness (QED) is 0.181. The molecule has 1 unspecified atom stereocenters. The van der Waals surface area contributed by atoms with Crippen LogP contribution in [0.25, 0.3) is 5.69 Å². The number of esters is 1. The van der Waals surface area contributed by atoms with E-state index in [9.17, 15) is 19.5 Å². The SMILES string of the molecule is CCOC(=O)c1c(NC(=O)C(C)Sc2c([O-])on[n+]2-c2ccccc2)sc(C(=O)Nc2ccccc2)c1C. The van der Waals surface area contributed by atoms with Crippen LogP contribution in [-0.4, -0.2) is 34.9 Å². The van der Waals surface area contributed by atoms with Crippen LogP contribution in [0.1, 0.15) is 39.4 Å². The Hall–Kier alpha value is -4.16. The van der Waals surface area contributed by atoms with E-state index in [1.54, 1.807) is 69.3 Å². The Labute approximate surface area is 226 Å². The third kappa shape index (κ3) is 5.87. The summed E-state index contributed by atoms with van der Waals surface area (Å²) in [6.07, 6.45) is 0. The van der Waals surface area contributed by atoms with E-state index in [2.05, 4.69) is 15.9 Å². The van der Waals surface area contributed by atoms with Gasteiger partial charge in [-0.1, -0.05) is 36.4 Å². The molecule has 0 aliphatic heterocycles. The van der Waals surface area contributed by atoms with Gasteiger partial charge in [0.2, 0.25) is 11.6 Å². The van der Waals surface area contributed by atoms with Crippen LogP contribution in [0.15, 0.2) is 70.2 Å². The predicted octanol–water partition coefficient (Wildman–Crippen LogP) is 3.94. The summed E-state index contributed by atoms with van der Waals surface area (Å²) in [5.41, 5.74) is 1.68. The number of ether oxygens (including phenoxy) is 1. The summed E-state index contributed by atoms with van der Waals surface area (Å²) in [5.74, 6) is -2.25. The Morgan fingerprint density at radius 1 is 1.11 bits per heavy atom. The predicted molar refractivity (Wildman–Crippen MR) is 141 cm³/mol. The first kappa shape index (κ1) is 26.9. The van der Waals surface area contributed by atoms with Crippen molar-refractivity contribution in [2.45, 2.75) is 31.0 Å². The molecule has 0 aliphatic carbocycles. The van der Waals surface area contributed by atoms with Crippen LogP contribution >= 0.6 is 23.1 Å². The summed E-state index contributed by atoms with van der Waals surface area (Å²) < 4.78 is 11.3. The molecule has 0 spiro atoms. The van der Waals surface area contributed by atoms with Crippen LogP contribution in [0, 0.1) is 6.92 Å². The molecule has 12 heteroatoms. The van der Waals surface area contributed by atoms with E-state index in [4.69, 9.17) is 9.26 Å². The highest BCUT2D eigenvalue weighted by Crippen LogP contribution is 2.35. The monoisotopic (exact) mass is 552 g/mol. The molecular weight excluding hydrogens is 528 g/mol. The van der Waals surface area contributed by atoms with E-state index in [-0.39, 0.29) is 27.1 Å². The molecule has 2 N–H and O–H groups in total. The fraction of sp³-hybridized carbons (Fsp3) is 0.192. The molecule has 4 aromatic rings. The normalized spacial score (nSPS) is 11.6. The van der Waals surface area contributed by atoms with Gasteiger partial charge in [-0.05, 0) is 54.9 Å². The topological polar surface area (TPSA) is 137 Å². The van der Waals surface area contributed by atoms with Crippen LogP contribution in [0.4, 0.5) is 10.7 Å². The summed E-state index contributed by atoms with van der Waals surface area (Å²) in [5, 5.41) is 21.1. The van der Waals surface area contributed by atoms with E-state index in [1.165, 1.54) is 4.68 Å². The first-order valence-electron chi connectivity index (χ1n) is 11.6. The standard InChI is InChI=1S/C26H24N4O6S2/c1-4-35-25(33)19-15(2)20(22(32)27-17-11-7-5-8-12-17)38-23(19)28-21(31)16(3)37-24-26(34)36-29-30(24)18-13-9-6-10-14-18/h5-14,16H,4H2,1-3H3,(H2-,27,28,29,31,32,33,34). The second-order valence-corrected chi connectivity index (χ2v) is 10.3. The van der Waals surface area contributed by atoms with Crippen molar-refractivity contribution in [3.8, 4) is 11.6 Å². The summed E-state index contributed by atoms with van der Waals surface area (Å²) in [4.78, 5) is 39.2. The molecule has 2 amide bonds. The van der Waals surface area contributed by atoms with Gasteiger partial charge in [-0.3, -0.25) is 9.59 Å². The van der Waals surface area contributed by atoms with E-state index >= 15 is 0 Å². The highest BCUT2D eigenvalue weighted by Gasteiger charge is 2.30. The van der Waals surface area contributed by atoms with Crippen LogP contribution in [0.2, 0.25) is 0 Å². The Kier molecular flexibility index (Phi) is 8.44. The number of nitrogens with one attached hydrogen (secondary N) is 2. The molecule has 38 heavy (non-hydrogen) atoms. The average Bonchev–Trinajstić information content (AvgIpc) is 3.44. The van der Waals surface area contributed by atoms with Gasteiger partial charge in [0.25, 0.3) is 10.9 Å². The number of nitrogens with zero attached hydrogens (tertiary/aromatic N) is 2. The van der Waals surface area contributed by atoms with Crippen LogP contribution in [0.3, 0.4) is 0 Å². The van der Waals surface area contributed by atoms with Gasteiger partial charge in [0.1, 0.15) is 5.00 Å². The van der Waals surface area contributed by atoms with Crippen molar-refractivity contribution in [2.75, 3.05) is 17.2 Å². The van der Waals surface area contributed by atoms with Gasteiger partial charge in [0.05, 0.1) is 27.6 Å². The third-order valence-electron chi connectivity index (χ3n) is 5.33. The van der Waals surface area contributed by atoms with Gasteiger partial charge < -0.3 is 25.0 Å².